The molecule has 0 radical (unpaired) electrons. The molecule has 1 aromatic carbocycles. The molecular formula is C16H23NO2. The Morgan fingerprint density at radius 1 is 1.37 bits per heavy atom. The van der Waals surface area contributed by atoms with Gasteiger partial charge < -0.3 is 10.1 Å². The number of esters is 1. The maximum atomic E-state index is 12.3. The van der Waals surface area contributed by atoms with Crippen LogP contribution in [0.4, 0.5) is 0 Å². The summed E-state index contributed by atoms with van der Waals surface area (Å²) < 4.78 is 5.38. The highest BCUT2D eigenvalue weighted by molar-refractivity contribution is 5.79. The molecule has 2 atom stereocenters. The molecule has 0 aromatic heterocycles. The average molecular weight is 261 g/mol. The van der Waals surface area contributed by atoms with Crippen LogP contribution in [0.15, 0.2) is 30.3 Å². The normalized spacial score (nSPS) is 20.8. The van der Waals surface area contributed by atoms with Gasteiger partial charge in [-0.2, -0.15) is 0 Å². The second-order valence-corrected chi connectivity index (χ2v) is 5.11. The summed E-state index contributed by atoms with van der Waals surface area (Å²) in [7, 11) is 0. The predicted molar refractivity (Wildman–Crippen MR) is 76.1 cm³/mol. The van der Waals surface area contributed by atoms with Crippen LogP contribution < -0.4 is 5.32 Å². The van der Waals surface area contributed by atoms with E-state index in [1.54, 1.807) is 0 Å². The third-order valence-corrected chi connectivity index (χ3v) is 3.61. The molecule has 0 bridgehead atoms. The van der Waals surface area contributed by atoms with Gasteiger partial charge in [-0.1, -0.05) is 43.7 Å². The molecule has 0 unspecified atom stereocenters. The smallest absolute Gasteiger partial charge is 0.315 e. The van der Waals surface area contributed by atoms with Crippen molar-refractivity contribution in [1.82, 2.24) is 5.32 Å². The Labute approximate surface area is 115 Å². The van der Waals surface area contributed by atoms with Crippen molar-refractivity contribution in [3.05, 3.63) is 35.9 Å². The lowest BCUT2D eigenvalue weighted by molar-refractivity contribution is -0.146. The van der Waals surface area contributed by atoms with E-state index in [2.05, 4.69) is 5.32 Å². The minimum absolute atomic E-state index is 0.0903. The lowest BCUT2D eigenvalue weighted by atomic mass is 9.86. The summed E-state index contributed by atoms with van der Waals surface area (Å²) in [6, 6.07) is 10.2. The Morgan fingerprint density at radius 3 is 2.79 bits per heavy atom. The van der Waals surface area contributed by atoms with Crippen LogP contribution in [0.5, 0.6) is 0 Å². The van der Waals surface area contributed by atoms with Gasteiger partial charge in [0, 0.05) is 6.04 Å². The van der Waals surface area contributed by atoms with E-state index >= 15 is 0 Å². The SMILES string of the molecule is CCCOC(=O)[C@@H](c1ccccc1)[C@H]1CCCCN1. The van der Waals surface area contributed by atoms with E-state index in [-0.39, 0.29) is 17.9 Å². The summed E-state index contributed by atoms with van der Waals surface area (Å²) in [6.07, 6.45) is 4.29. The number of hydrogen-bond acceptors (Lipinski definition) is 3. The second kappa shape index (κ2) is 7.29. The molecule has 19 heavy (non-hydrogen) atoms. The number of rotatable bonds is 5. The standard InChI is InChI=1S/C16H23NO2/c1-2-12-19-16(18)15(13-8-4-3-5-9-13)14-10-6-7-11-17-14/h3-5,8-9,14-15,17H,2,6-7,10-12H2,1H3/t14-,15+/m1/s1. The number of carbonyl (C=O) groups excluding carboxylic acids is 1. The number of hydrogen-bond donors (Lipinski definition) is 1. The van der Waals surface area contributed by atoms with Crippen molar-refractivity contribution in [3.8, 4) is 0 Å². The fourth-order valence-electron chi connectivity index (χ4n) is 2.65. The molecule has 0 amide bonds. The van der Waals surface area contributed by atoms with Gasteiger partial charge in [-0.3, -0.25) is 4.79 Å². The van der Waals surface area contributed by atoms with Crippen LogP contribution in [0.25, 0.3) is 0 Å². The van der Waals surface area contributed by atoms with Crippen LogP contribution in [0.1, 0.15) is 44.1 Å². The van der Waals surface area contributed by atoms with Gasteiger partial charge in [-0.15, -0.1) is 0 Å². The second-order valence-electron chi connectivity index (χ2n) is 5.11. The molecule has 1 aromatic rings. The van der Waals surface area contributed by atoms with Crippen LogP contribution in [-0.4, -0.2) is 25.2 Å². The first-order chi connectivity index (χ1) is 9.33. The highest BCUT2D eigenvalue weighted by atomic mass is 16.5. The summed E-state index contributed by atoms with van der Waals surface area (Å²) in [5.41, 5.74) is 1.06. The molecule has 3 heteroatoms. The average Bonchev–Trinajstić information content (AvgIpc) is 2.47. The van der Waals surface area contributed by atoms with Crippen molar-refractivity contribution in [2.75, 3.05) is 13.2 Å². The number of ether oxygens (including phenoxy) is 1. The van der Waals surface area contributed by atoms with E-state index in [1.165, 1.54) is 12.8 Å². The van der Waals surface area contributed by atoms with E-state index in [1.807, 2.05) is 37.3 Å². The number of nitrogens with one attached hydrogen (secondary N) is 1. The molecule has 0 spiro atoms. The van der Waals surface area contributed by atoms with Crippen molar-refractivity contribution in [2.24, 2.45) is 0 Å². The van der Waals surface area contributed by atoms with E-state index in [4.69, 9.17) is 4.74 Å². The Bertz CT molecular complexity index is 385. The monoisotopic (exact) mass is 261 g/mol. The molecule has 0 saturated carbocycles. The minimum atomic E-state index is -0.173. The molecule has 2 rings (SSSR count). The van der Waals surface area contributed by atoms with E-state index in [0.717, 1.165) is 24.9 Å². The first kappa shape index (κ1) is 14.1. The third-order valence-electron chi connectivity index (χ3n) is 3.61. The van der Waals surface area contributed by atoms with Gasteiger partial charge in [0.1, 0.15) is 0 Å². The Balaban J connectivity index is 2.14. The van der Waals surface area contributed by atoms with Crippen molar-refractivity contribution in [3.63, 3.8) is 0 Å². The van der Waals surface area contributed by atoms with Crippen molar-refractivity contribution in [2.45, 2.75) is 44.6 Å². The molecule has 1 fully saturated rings. The Morgan fingerprint density at radius 2 is 2.16 bits per heavy atom. The quantitative estimate of drug-likeness (QED) is 0.828. The molecule has 1 saturated heterocycles. The molecule has 1 aliphatic heterocycles. The summed E-state index contributed by atoms with van der Waals surface area (Å²) in [5, 5.41) is 3.47. The van der Waals surface area contributed by atoms with E-state index < -0.39 is 0 Å². The highest BCUT2D eigenvalue weighted by Gasteiger charge is 2.31. The first-order valence-corrected chi connectivity index (χ1v) is 7.28. The molecule has 1 aliphatic rings. The third kappa shape index (κ3) is 3.80. The van der Waals surface area contributed by atoms with Crippen LogP contribution >= 0.6 is 0 Å². The maximum absolute atomic E-state index is 12.3. The fourth-order valence-corrected chi connectivity index (χ4v) is 2.65. The van der Waals surface area contributed by atoms with Gasteiger partial charge in [-0.25, -0.2) is 0 Å². The van der Waals surface area contributed by atoms with Crippen molar-refractivity contribution in [1.29, 1.82) is 0 Å². The molecule has 104 valence electrons. The van der Waals surface area contributed by atoms with Crippen LogP contribution in [0.2, 0.25) is 0 Å². The van der Waals surface area contributed by atoms with Gasteiger partial charge in [0.15, 0.2) is 0 Å². The number of benzene rings is 1. The molecule has 1 N–H and O–H groups in total. The maximum Gasteiger partial charge on any atom is 0.315 e. The summed E-state index contributed by atoms with van der Waals surface area (Å²) in [5.74, 6) is -0.263. The molecule has 1 heterocycles. The number of piperidine rings is 1. The van der Waals surface area contributed by atoms with E-state index in [0.29, 0.717) is 6.61 Å². The molecule has 3 nitrogen and oxygen atoms in total. The lowest BCUT2D eigenvalue weighted by Crippen LogP contribution is -2.42. The van der Waals surface area contributed by atoms with Crippen LogP contribution in [0.3, 0.4) is 0 Å². The Kier molecular flexibility index (Phi) is 5.40. The fraction of sp³-hybridized carbons (Fsp3) is 0.562. The summed E-state index contributed by atoms with van der Waals surface area (Å²) in [4.78, 5) is 12.3. The van der Waals surface area contributed by atoms with Gasteiger partial charge >= 0.3 is 5.97 Å². The lowest BCUT2D eigenvalue weighted by Gasteiger charge is -2.30. The van der Waals surface area contributed by atoms with Gasteiger partial charge in [0.25, 0.3) is 0 Å². The number of carbonyl (C=O) groups is 1. The molecular weight excluding hydrogens is 238 g/mol. The zero-order chi connectivity index (χ0) is 13.5. The largest absolute Gasteiger partial charge is 0.465 e. The predicted octanol–water partition coefficient (Wildman–Crippen LogP) is 2.87. The summed E-state index contributed by atoms with van der Waals surface area (Å²) in [6.45, 7) is 3.52. The zero-order valence-corrected chi connectivity index (χ0v) is 11.6. The first-order valence-electron chi connectivity index (χ1n) is 7.28. The van der Waals surface area contributed by atoms with Crippen LogP contribution in [0, 0.1) is 0 Å². The van der Waals surface area contributed by atoms with Crippen molar-refractivity contribution < 1.29 is 9.53 Å². The van der Waals surface area contributed by atoms with Gasteiger partial charge in [-0.05, 0) is 31.4 Å². The van der Waals surface area contributed by atoms with Crippen molar-refractivity contribution >= 4 is 5.97 Å². The highest BCUT2D eigenvalue weighted by Crippen LogP contribution is 2.26. The van der Waals surface area contributed by atoms with Gasteiger partial charge in [0.2, 0.25) is 0 Å². The minimum Gasteiger partial charge on any atom is -0.465 e. The molecule has 0 aliphatic carbocycles. The van der Waals surface area contributed by atoms with Gasteiger partial charge in [0.05, 0.1) is 12.5 Å². The summed E-state index contributed by atoms with van der Waals surface area (Å²) >= 11 is 0. The Hall–Kier alpha value is -1.35. The topological polar surface area (TPSA) is 38.3 Å². The van der Waals surface area contributed by atoms with E-state index in [9.17, 15) is 4.79 Å². The zero-order valence-electron chi connectivity index (χ0n) is 11.6. The van der Waals surface area contributed by atoms with Crippen LogP contribution in [-0.2, 0) is 9.53 Å².